The summed E-state index contributed by atoms with van der Waals surface area (Å²) in [5, 5.41) is 0.540. The van der Waals surface area contributed by atoms with Gasteiger partial charge < -0.3 is 4.40 Å². The van der Waals surface area contributed by atoms with Crippen LogP contribution in [0.4, 0.5) is 0 Å². The van der Waals surface area contributed by atoms with Crippen molar-refractivity contribution in [3.05, 3.63) is 65.1 Å². The number of aromatic nitrogens is 2. The number of amides is 1. The van der Waals surface area contributed by atoms with Gasteiger partial charge in [0.1, 0.15) is 10.5 Å². The number of fused-ring (bicyclic) bond motifs is 2. The molecule has 116 valence electrons. The number of rotatable bonds is 2. The quantitative estimate of drug-likeness (QED) is 0.713. The molecule has 1 aliphatic heterocycles. The molecule has 1 aliphatic rings. The predicted octanol–water partition coefficient (Wildman–Crippen LogP) is 2.33. The van der Waals surface area contributed by atoms with Crippen LogP contribution in [-0.2, 0) is 16.6 Å². The molecule has 3 heterocycles. The molecular formula is C15H10ClN3O3S. The van der Waals surface area contributed by atoms with Gasteiger partial charge >= 0.3 is 0 Å². The fraction of sp³-hybridized carbons (Fsp3) is 0.0667. The molecule has 1 amide bonds. The molecule has 0 atom stereocenters. The van der Waals surface area contributed by atoms with Gasteiger partial charge in [-0.3, -0.25) is 4.79 Å². The first-order chi connectivity index (χ1) is 11.0. The van der Waals surface area contributed by atoms with Gasteiger partial charge in [-0.2, -0.15) is 0 Å². The van der Waals surface area contributed by atoms with Gasteiger partial charge in [-0.25, -0.2) is 17.7 Å². The minimum atomic E-state index is -3.83. The van der Waals surface area contributed by atoms with Gasteiger partial charge in [-0.15, -0.1) is 0 Å². The van der Waals surface area contributed by atoms with Crippen LogP contribution in [0.2, 0.25) is 5.02 Å². The molecule has 4 rings (SSSR count). The number of hydrogen-bond donors (Lipinski definition) is 0. The average Bonchev–Trinajstić information content (AvgIpc) is 3.00. The number of pyridine rings is 1. The zero-order valence-electron chi connectivity index (χ0n) is 11.7. The Morgan fingerprint density at radius 3 is 2.65 bits per heavy atom. The van der Waals surface area contributed by atoms with E-state index in [2.05, 4.69) is 4.98 Å². The standard InChI is InChI=1S/C15H10ClN3O3S/c16-10-5-6-14-17-11(8-18(14)7-10)9-19-15(20)12-3-1-2-4-13(12)23(19,21)22/h1-8H,9H2. The molecule has 0 N–H and O–H groups in total. The van der Waals surface area contributed by atoms with E-state index in [-0.39, 0.29) is 17.0 Å². The Kier molecular flexibility index (Phi) is 2.97. The Balaban J connectivity index is 1.75. The molecule has 0 radical (unpaired) electrons. The van der Waals surface area contributed by atoms with Gasteiger partial charge in [0, 0.05) is 12.4 Å². The molecule has 0 fully saturated rings. The maximum atomic E-state index is 12.5. The largest absolute Gasteiger partial charge is 0.305 e. The van der Waals surface area contributed by atoms with Gasteiger partial charge in [-0.1, -0.05) is 23.7 Å². The van der Waals surface area contributed by atoms with Gasteiger partial charge in [0.25, 0.3) is 15.9 Å². The molecular weight excluding hydrogens is 338 g/mol. The molecule has 6 nitrogen and oxygen atoms in total. The average molecular weight is 348 g/mol. The van der Waals surface area contributed by atoms with Crippen molar-refractivity contribution in [1.82, 2.24) is 13.7 Å². The van der Waals surface area contributed by atoms with Crippen molar-refractivity contribution in [1.29, 1.82) is 0 Å². The highest BCUT2D eigenvalue weighted by Crippen LogP contribution is 2.31. The van der Waals surface area contributed by atoms with Crippen molar-refractivity contribution < 1.29 is 13.2 Å². The van der Waals surface area contributed by atoms with E-state index in [0.29, 0.717) is 16.4 Å². The third-order valence-electron chi connectivity index (χ3n) is 3.68. The van der Waals surface area contributed by atoms with Crippen molar-refractivity contribution in [2.75, 3.05) is 0 Å². The van der Waals surface area contributed by atoms with Crippen LogP contribution < -0.4 is 0 Å². The summed E-state index contributed by atoms with van der Waals surface area (Å²) >= 11 is 5.92. The zero-order chi connectivity index (χ0) is 16.2. The van der Waals surface area contributed by atoms with E-state index in [1.165, 1.54) is 12.1 Å². The predicted molar refractivity (Wildman–Crippen MR) is 83.7 cm³/mol. The first-order valence-electron chi connectivity index (χ1n) is 6.76. The van der Waals surface area contributed by atoms with Crippen molar-refractivity contribution in [2.24, 2.45) is 0 Å². The number of carbonyl (C=O) groups is 1. The van der Waals surface area contributed by atoms with E-state index in [1.54, 1.807) is 41.1 Å². The summed E-state index contributed by atoms with van der Waals surface area (Å²) in [6, 6.07) is 9.61. The van der Waals surface area contributed by atoms with E-state index in [1.807, 2.05) is 0 Å². The summed E-state index contributed by atoms with van der Waals surface area (Å²) < 4.78 is 27.6. The lowest BCUT2D eigenvalue weighted by Crippen LogP contribution is -2.29. The Labute approximate surface area is 137 Å². The van der Waals surface area contributed by atoms with E-state index in [0.717, 1.165) is 4.31 Å². The molecule has 1 aromatic carbocycles. The summed E-state index contributed by atoms with van der Waals surface area (Å²) in [5.74, 6) is -0.532. The minimum Gasteiger partial charge on any atom is -0.305 e. The number of imidazole rings is 1. The van der Waals surface area contributed by atoms with Crippen LogP contribution >= 0.6 is 11.6 Å². The second-order valence-electron chi connectivity index (χ2n) is 5.16. The zero-order valence-corrected chi connectivity index (χ0v) is 13.3. The molecule has 3 aromatic rings. The molecule has 0 saturated carbocycles. The Hall–Kier alpha value is -2.38. The van der Waals surface area contributed by atoms with Gasteiger partial charge in [0.2, 0.25) is 0 Å². The lowest BCUT2D eigenvalue weighted by molar-refractivity contribution is 0.0864. The number of hydrogen-bond acceptors (Lipinski definition) is 4. The maximum Gasteiger partial charge on any atom is 0.269 e. The second kappa shape index (κ2) is 4.81. The Morgan fingerprint density at radius 1 is 1.09 bits per heavy atom. The van der Waals surface area contributed by atoms with E-state index in [4.69, 9.17) is 11.6 Å². The van der Waals surface area contributed by atoms with E-state index in [9.17, 15) is 13.2 Å². The van der Waals surface area contributed by atoms with Crippen molar-refractivity contribution in [2.45, 2.75) is 11.4 Å². The molecule has 23 heavy (non-hydrogen) atoms. The number of nitrogens with zero attached hydrogens (tertiary/aromatic N) is 3. The highest BCUT2D eigenvalue weighted by molar-refractivity contribution is 7.90. The number of sulfonamides is 1. The maximum absolute atomic E-state index is 12.5. The fourth-order valence-electron chi connectivity index (χ4n) is 2.63. The minimum absolute atomic E-state index is 0.0387. The van der Waals surface area contributed by atoms with Crippen molar-refractivity contribution in [3.63, 3.8) is 0 Å². The molecule has 0 bridgehead atoms. The van der Waals surface area contributed by atoms with E-state index < -0.39 is 15.9 Å². The van der Waals surface area contributed by atoms with Gasteiger partial charge in [0.15, 0.2) is 0 Å². The van der Waals surface area contributed by atoms with E-state index >= 15 is 0 Å². The summed E-state index contributed by atoms with van der Waals surface area (Å²) in [7, 11) is -3.83. The first-order valence-corrected chi connectivity index (χ1v) is 8.58. The monoisotopic (exact) mass is 347 g/mol. The van der Waals surface area contributed by atoms with Crippen LogP contribution in [0.25, 0.3) is 5.65 Å². The highest BCUT2D eigenvalue weighted by atomic mass is 35.5. The van der Waals surface area contributed by atoms with Crippen LogP contribution in [0, 0.1) is 0 Å². The third kappa shape index (κ3) is 2.12. The van der Waals surface area contributed by atoms with Crippen LogP contribution in [-0.4, -0.2) is 28.0 Å². The lowest BCUT2D eigenvalue weighted by atomic mass is 10.2. The number of benzene rings is 1. The molecule has 8 heteroatoms. The number of halogens is 1. The fourth-order valence-corrected chi connectivity index (χ4v) is 4.34. The summed E-state index contributed by atoms with van der Waals surface area (Å²) in [6.07, 6.45) is 3.33. The molecule has 0 saturated heterocycles. The number of carbonyl (C=O) groups excluding carboxylic acids is 1. The Morgan fingerprint density at radius 2 is 1.87 bits per heavy atom. The normalized spacial score (nSPS) is 16.0. The van der Waals surface area contributed by atoms with Gasteiger partial charge in [-0.05, 0) is 24.3 Å². The lowest BCUT2D eigenvalue weighted by Gasteiger charge is -2.13. The van der Waals surface area contributed by atoms with Crippen LogP contribution in [0.5, 0.6) is 0 Å². The van der Waals surface area contributed by atoms with Crippen molar-refractivity contribution in [3.8, 4) is 0 Å². The van der Waals surface area contributed by atoms with Crippen molar-refractivity contribution >= 4 is 33.2 Å². The van der Waals surface area contributed by atoms with Crippen LogP contribution in [0.15, 0.2) is 53.7 Å². The van der Waals surface area contributed by atoms with Crippen LogP contribution in [0.1, 0.15) is 16.1 Å². The second-order valence-corrected chi connectivity index (χ2v) is 7.43. The summed E-state index contributed by atoms with van der Waals surface area (Å²) in [6.45, 7) is -0.116. The summed E-state index contributed by atoms with van der Waals surface area (Å²) in [5.41, 5.74) is 1.29. The SMILES string of the molecule is O=C1c2ccccc2S(=O)(=O)N1Cc1cn2cc(Cl)ccc2n1. The summed E-state index contributed by atoms with van der Waals surface area (Å²) in [4.78, 5) is 16.7. The van der Waals surface area contributed by atoms with Gasteiger partial charge in [0.05, 0.1) is 22.8 Å². The third-order valence-corrected chi connectivity index (χ3v) is 5.69. The van der Waals surface area contributed by atoms with Crippen LogP contribution in [0.3, 0.4) is 0 Å². The highest BCUT2D eigenvalue weighted by Gasteiger charge is 2.41. The molecule has 0 spiro atoms. The smallest absolute Gasteiger partial charge is 0.269 e. The Bertz CT molecular complexity index is 1060. The molecule has 0 unspecified atom stereocenters. The molecule has 0 aliphatic carbocycles. The first kappa shape index (κ1) is 14.2. The molecule has 2 aromatic heterocycles. The topological polar surface area (TPSA) is 71.8 Å².